The van der Waals surface area contributed by atoms with E-state index < -0.39 is 5.97 Å². The molecule has 2 atom stereocenters. The average molecular weight is 582 g/mol. The fraction of sp³-hybridized carbons (Fsp3) is 0.727. The van der Waals surface area contributed by atoms with Gasteiger partial charge in [0.05, 0.1) is 0 Å². The van der Waals surface area contributed by atoms with Gasteiger partial charge in [0.2, 0.25) is 12.3 Å². The van der Waals surface area contributed by atoms with Gasteiger partial charge in [0.25, 0.3) is 0 Å². The van der Waals surface area contributed by atoms with E-state index in [-0.39, 0.29) is 66.3 Å². The minimum Gasteiger partial charge on any atom is -0.478 e. The van der Waals surface area contributed by atoms with Gasteiger partial charge >= 0.3 is 5.97 Å². The summed E-state index contributed by atoms with van der Waals surface area (Å²) < 4.78 is 0. The number of hydrogen-bond acceptors (Lipinski definition) is 4. The predicted molar refractivity (Wildman–Crippen MR) is 121 cm³/mol. The largest absolute Gasteiger partial charge is 0.478 e. The molecular weight excluding hydrogens is 538 g/mol. The number of likely N-dealkylation sites (N-methyl/N-ethyl adjacent to an activating group) is 2. The second-order valence-electron chi connectivity index (χ2n) is 8.34. The zero-order chi connectivity index (χ0) is 23.8. The molecule has 0 aromatic heterocycles. The minimum atomic E-state index is -0.954. The summed E-state index contributed by atoms with van der Waals surface area (Å²) in [5.41, 5.74) is 0.342. The van der Waals surface area contributed by atoms with Crippen LogP contribution in [-0.4, -0.2) is 61.0 Å². The maximum absolute atomic E-state index is 11.9. The molecule has 0 fully saturated rings. The maximum Gasteiger partial charge on any atom is 0.331 e. The van der Waals surface area contributed by atoms with Crippen molar-refractivity contribution in [3.05, 3.63) is 17.6 Å². The Hall–Kier alpha value is -0.643. The van der Waals surface area contributed by atoms with Crippen molar-refractivity contribution in [2.75, 3.05) is 20.6 Å². The van der Waals surface area contributed by atoms with Crippen LogP contribution in [-0.2, 0) is 14.4 Å². The van der Waals surface area contributed by atoms with Crippen LogP contribution >= 0.6 is 0 Å². The topological polar surface area (TPSA) is 98.7 Å². The van der Waals surface area contributed by atoms with Crippen molar-refractivity contribution in [3.8, 4) is 0 Å². The van der Waals surface area contributed by atoms with Crippen LogP contribution in [0, 0.1) is 48.6 Å². The molecule has 7 nitrogen and oxygen atoms in total. The molecule has 0 aliphatic heterocycles. The molecule has 0 radical (unpaired) electrons. The van der Waals surface area contributed by atoms with Crippen LogP contribution in [0.4, 0.5) is 0 Å². The number of rotatable bonds is 8. The van der Waals surface area contributed by atoms with E-state index in [0.717, 1.165) is 5.92 Å². The van der Waals surface area contributed by atoms with Gasteiger partial charge in [-0.15, -0.1) is 0 Å². The molecule has 3 N–H and O–H groups in total. The SMILES string of the molecule is C/C(=C\CN(C)C=O)C(=O)O.CCC.CNC(C(=O)NC(C)C(C)(C)C)[C-](C)C.[Er]. The smallest absolute Gasteiger partial charge is 0.331 e. The summed E-state index contributed by atoms with van der Waals surface area (Å²) >= 11 is 0. The van der Waals surface area contributed by atoms with Crippen molar-refractivity contribution in [1.82, 2.24) is 15.5 Å². The van der Waals surface area contributed by atoms with Gasteiger partial charge in [-0.2, -0.15) is 13.8 Å². The first-order valence-electron chi connectivity index (χ1n) is 10.0. The summed E-state index contributed by atoms with van der Waals surface area (Å²) in [5, 5.41) is 14.4. The molecule has 0 saturated heterocycles. The Morgan fingerprint density at radius 3 is 1.90 bits per heavy atom. The standard InChI is InChI=1S/C12H25N2O.C7H11NO3.C3H8.Er/c1-8(2)10(13-7)11(15)14-9(3)12(4,5)6;1-6(7(10)11)3-4-8(2)5-9;1-3-2;/h9-10,13H,1-7H3,(H,14,15);3,5H,4H2,1-2H3,(H,10,11);3H2,1-2H3;/q-1;;;/b;6-3+;;. The number of aliphatic carboxylic acids is 1. The van der Waals surface area contributed by atoms with Gasteiger partial charge in [-0.1, -0.05) is 47.1 Å². The van der Waals surface area contributed by atoms with Crippen LogP contribution in [0.2, 0.25) is 0 Å². The molecule has 0 bridgehead atoms. The second-order valence-corrected chi connectivity index (χ2v) is 8.34. The number of carboxylic acid groups (broad SMARTS) is 1. The number of nitrogens with zero attached hydrogens (tertiary/aromatic N) is 1. The van der Waals surface area contributed by atoms with Crippen molar-refractivity contribution < 1.29 is 56.8 Å². The molecule has 0 rings (SSSR count). The molecule has 0 saturated carbocycles. The molecule has 184 valence electrons. The van der Waals surface area contributed by atoms with E-state index in [1.54, 1.807) is 14.1 Å². The number of carbonyl (C=O) groups is 3. The Balaban J connectivity index is -0.000000199. The van der Waals surface area contributed by atoms with Crippen molar-refractivity contribution in [2.24, 2.45) is 5.41 Å². The first-order valence-corrected chi connectivity index (χ1v) is 10.0. The molecule has 0 heterocycles. The van der Waals surface area contributed by atoms with Gasteiger partial charge in [-0.3, -0.25) is 15.5 Å². The molecular formula is C22H44ErN3O4-. The Kier molecular flexibility index (Phi) is 24.8. The molecule has 0 aromatic carbocycles. The summed E-state index contributed by atoms with van der Waals surface area (Å²) in [6.07, 6.45) is 3.38. The fourth-order valence-corrected chi connectivity index (χ4v) is 1.61. The van der Waals surface area contributed by atoms with Crippen LogP contribution in [0.15, 0.2) is 11.6 Å². The van der Waals surface area contributed by atoms with E-state index in [9.17, 15) is 14.4 Å². The first kappa shape index (κ1) is 36.7. The number of amides is 2. The fourth-order valence-electron chi connectivity index (χ4n) is 1.61. The number of hydrogen-bond donors (Lipinski definition) is 3. The molecule has 2 unspecified atom stereocenters. The van der Waals surface area contributed by atoms with Gasteiger partial charge in [0, 0.05) is 62.5 Å². The monoisotopic (exact) mass is 580 g/mol. The molecule has 2 amide bonds. The van der Waals surface area contributed by atoms with Crippen LogP contribution in [0.1, 0.15) is 68.7 Å². The average Bonchev–Trinajstić information content (AvgIpc) is 2.59. The molecule has 8 heteroatoms. The third-order valence-electron chi connectivity index (χ3n) is 3.99. The van der Waals surface area contributed by atoms with Crippen molar-refractivity contribution in [2.45, 2.75) is 80.8 Å². The van der Waals surface area contributed by atoms with Crippen molar-refractivity contribution in [1.29, 1.82) is 0 Å². The molecule has 0 aliphatic carbocycles. The van der Waals surface area contributed by atoms with Crippen LogP contribution in [0.25, 0.3) is 0 Å². The van der Waals surface area contributed by atoms with E-state index in [1.165, 1.54) is 24.3 Å². The Morgan fingerprint density at radius 2 is 1.63 bits per heavy atom. The van der Waals surface area contributed by atoms with E-state index in [4.69, 9.17) is 5.11 Å². The predicted octanol–water partition coefficient (Wildman–Crippen LogP) is 3.26. The van der Waals surface area contributed by atoms with E-state index in [1.807, 2.05) is 20.8 Å². The van der Waals surface area contributed by atoms with Gasteiger partial charge in [-0.05, 0) is 32.4 Å². The van der Waals surface area contributed by atoms with Crippen LogP contribution < -0.4 is 10.6 Å². The van der Waals surface area contributed by atoms with Gasteiger partial charge in [0.1, 0.15) is 0 Å². The van der Waals surface area contributed by atoms with E-state index in [2.05, 4.69) is 45.3 Å². The summed E-state index contributed by atoms with van der Waals surface area (Å²) in [6.45, 7) is 18.4. The third-order valence-corrected chi connectivity index (χ3v) is 3.99. The number of carbonyl (C=O) groups excluding carboxylic acids is 2. The van der Waals surface area contributed by atoms with Gasteiger partial charge in [-0.25, -0.2) is 4.79 Å². The second kappa shape index (κ2) is 20.3. The van der Waals surface area contributed by atoms with E-state index in [0.29, 0.717) is 13.0 Å². The quantitative estimate of drug-likeness (QED) is 0.232. The Labute approximate surface area is 214 Å². The Morgan fingerprint density at radius 1 is 1.20 bits per heavy atom. The summed E-state index contributed by atoms with van der Waals surface area (Å²) in [7, 11) is 3.39. The number of nitrogens with one attached hydrogen (secondary N) is 2. The molecule has 0 aromatic rings. The molecule has 30 heavy (non-hydrogen) atoms. The van der Waals surface area contributed by atoms with E-state index >= 15 is 0 Å². The summed E-state index contributed by atoms with van der Waals surface area (Å²) in [6, 6.07) is -0.0185. The van der Waals surface area contributed by atoms with Crippen molar-refractivity contribution >= 4 is 18.3 Å². The summed E-state index contributed by atoms with van der Waals surface area (Å²) in [5.74, 6) is 0.181. The van der Waals surface area contributed by atoms with Crippen LogP contribution in [0.3, 0.4) is 0 Å². The molecule has 0 spiro atoms. The zero-order valence-electron chi connectivity index (χ0n) is 20.6. The Bertz CT molecular complexity index is 503. The number of carboxylic acids is 1. The van der Waals surface area contributed by atoms with Gasteiger partial charge in [0.15, 0.2) is 0 Å². The van der Waals surface area contributed by atoms with Crippen molar-refractivity contribution in [3.63, 3.8) is 0 Å². The minimum absolute atomic E-state index is 0. The van der Waals surface area contributed by atoms with Crippen LogP contribution in [0.5, 0.6) is 0 Å². The maximum atomic E-state index is 11.9. The third kappa shape index (κ3) is 20.6. The zero-order valence-corrected chi connectivity index (χ0v) is 22.5. The van der Waals surface area contributed by atoms with Gasteiger partial charge < -0.3 is 20.6 Å². The first-order chi connectivity index (χ1) is 13.2. The summed E-state index contributed by atoms with van der Waals surface area (Å²) in [4.78, 5) is 33.5. The molecule has 0 aliphatic rings. The normalized spacial score (nSPS) is 12.7.